The van der Waals surface area contributed by atoms with E-state index in [4.69, 9.17) is 9.47 Å². The summed E-state index contributed by atoms with van der Waals surface area (Å²) in [5.41, 5.74) is 2.80. The summed E-state index contributed by atoms with van der Waals surface area (Å²) >= 11 is 0. The van der Waals surface area contributed by atoms with Gasteiger partial charge in [0, 0.05) is 36.4 Å². The second-order valence-corrected chi connectivity index (χ2v) is 7.56. The molecule has 0 bridgehead atoms. The highest BCUT2D eigenvalue weighted by molar-refractivity contribution is 6.05. The van der Waals surface area contributed by atoms with Gasteiger partial charge in [0.2, 0.25) is 0 Å². The number of nitrogens with zero attached hydrogens (tertiary/aromatic N) is 4. The lowest BCUT2D eigenvalue weighted by molar-refractivity contribution is 0.0603. The Balaban J connectivity index is 1.82. The predicted molar refractivity (Wildman–Crippen MR) is 115 cm³/mol. The van der Waals surface area contributed by atoms with E-state index in [0.717, 1.165) is 11.8 Å². The van der Waals surface area contributed by atoms with E-state index in [1.165, 1.54) is 19.4 Å². The molecule has 3 heterocycles. The Hall–Kier alpha value is -3.59. The van der Waals surface area contributed by atoms with Crippen molar-refractivity contribution in [3.05, 3.63) is 59.6 Å². The minimum atomic E-state index is -0.742. The summed E-state index contributed by atoms with van der Waals surface area (Å²) in [6.07, 6.45) is 1.47. The average Bonchev–Trinajstić information content (AvgIpc) is 3.13. The molecule has 0 atom stereocenters. The van der Waals surface area contributed by atoms with E-state index in [-0.39, 0.29) is 5.52 Å². The zero-order valence-corrected chi connectivity index (χ0v) is 17.6. The van der Waals surface area contributed by atoms with Gasteiger partial charge >= 0.3 is 5.97 Å². The molecular formula is C23H20F2N4O3. The number of anilines is 1. The van der Waals surface area contributed by atoms with Gasteiger partial charge < -0.3 is 14.4 Å². The Labute approximate surface area is 182 Å². The van der Waals surface area contributed by atoms with Crippen LogP contribution in [0.3, 0.4) is 0 Å². The van der Waals surface area contributed by atoms with E-state index in [1.54, 1.807) is 23.6 Å². The van der Waals surface area contributed by atoms with Crippen molar-refractivity contribution in [2.24, 2.45) is 0 Å². The topological polar surface area (TPSA) is 69.5 Å². The molecule has 0 spiro atoms. The number of aryl methyl sites for hydroxylation is 1. The molecule has 1 saturated heterocycles. The number of imidazole rings is 1. The number of fused-ring (bicyclic) bond motifs is 2. The fourth-order valence-electron chi connectivity index (χ4n) is 4.21. The first-order valence-corrected chi connectivity index (χ1v) is 10.2. The number of carbonyl (C=O) groups is 1. The molecule has 0 amide bonds. The molecule has 1 aliphatic heterocycles. The van der Waals surface area contributed by atoms with Crippen LogP contribution in [0.25, 0.3) is 27.6 Å². The monoisotopic (exact) mass is 438 g/mol. The summed E-state index contributed by atoms with van der Waals surface area (Å²) in [6, 6.07) is 7.42. The maximum Gasteiger partial charge on any atom is 0.340 e. The molecule has 7 nitrogen and oxygen atoms in total. The standard InChI is InChI=1S/C23H20F2N4O3/c1-13-27-22-17(23(30)31-2)11-15(28-5-7-32-8-6-28)12-20(22)29(13)19-3-4-26-21-16(19)9-14(24)10-18(21)25/h3-4,9-12H,5-8H2,1-2H3. The van der Waals surface area contributed by atoms with E-state index in [2.05, 4.69) is 14.9 Å². The molecule has 0 N–H and O–H groups in total. The first-order valence-electron chi connectivity index (χ1n) is 10.2. The highest BCUT2D eigenvalue weighted by Gasteiger charge is 2.23. The SMILES string of the molecule is COC(=O)c1cc(N2CCOCC2)cc2c1nc(C)n2-c1ccnc2c(F)cc(F)cc12. The Morgan fingerprint density at radius 1 is 1.12 bits per heavy atom. The van der Waals surface area contributed by atoms with Gasteiger partial charge in [0.25, 0.3) is 0 Å². The average molecular weight is 438 g/mol. The number of morpholine rings is 1. The second kappa shape index (κ2) is 7.83. The first-order chi connectivity index (χ1) is 15.5. The van der Waals surface area contributed by atoms with Gasteiger partial charge in [-0.3, -0.25) is 9.55 Å². The number of rotatable bonds is 3. The summed E-state index contributed by atoms with van der Waals surface area (Å²) in [4.78, 5) is 23.4. The molecule has 4 aromatic rings. The van der Waals surface area contributed by atoms with Crippen LogP contribution in [0.15, 0.2) is 36.5 Å². The molecule has 1 aliphatic rings. The van der Waals surface area contributed by atoms with Gasteiger partial charge in [-0.1, -0.05) is 0 Å². The molecule has 0 radical (unpaired) electrons. The van der Waals surface area contributed by atoms with Crippen LogP contribution < -0.4 is 4.90 Å². The quantitative estimate of drug-likeness (QED) is 0.454. The van der Waals surface area contributed by atoms with Gasteiger partial charge in [-0.25, -0.2) is 18.6 Å². The van der Waals surface area contributed by atoms with Crippen molar-refractivity contribution in [3.63, 3.8) is 0 Å². The van der Waals surface area contributed by atoms with Crippen molar-refractivity contribution in [2.45, 2.75) is 6.92 Å². The van der Waals surface area contributed by atoms with Crippen LogP contribution in [-0.4, -0.2) is 53.9 Å². The molecule has 2 aromatic heterocycles. The van der Waals surface area contributed by atoms with Crippen LogP contribution in [-0.2, 0) is 9.47 Å². The number of ether oxygens (including phenoxy) is 2. The van der Waals surface area contributed by atoms with Gasteiger partial charge in [0.15, 0.2) is 5.82 Å². The van der Waals surface area contributed by atoms with E-state index >= 15 is 0 Å². The predicted octanol–water partition coefficient (Wildman–Crippen LogP) is 3.78. The Morgan fingerprint density at radius 3 is 2.66 bits per heavy atom. The molecule has 1 fully saturated rings. The van der Waals surface area contributed by atoms with Gasteiger partial charge in [-0.15, -0.1) is 0 Å². The van der Waals surface area contributed by atoms with Crippen molar-refractivity contribution in [3.8, 4) is 5.69 Å². The van der Waals surface area contributed by atoms with Crippen LogP contribution in [0, 0.1) is 18.6 Å². The van der Waals surface area contributed by atoms with Crippen molar-refractivity contribution in [2.75, 3.05) is 38.3 Å². The molecule has 9 heteroatoms. The Bertz CT molecular complexity index is 1360. The first kappa shape index (κ1) is 20.3. The van der Waals surface area contributed by atoms with E-state index in [0.29, 0.717) is 59.8 Å². The maximum atomic E-state index is 14.4. The fraction of sp³-hybridized carbons (Fsp3) is 0.261. The van der Waals surface area contributed by atoms with E-state index in [9.17, 15) is 13.6 Å². The number of aromatic nitrogens is 3. The summed E-state index contributed by atoms with van der Waals surface area (Å²) in [6.45, 7) is 4.29. The van der Waals surface area contributed by atoms with Crippen LogP contribution in [0.4, 0.5) is 14.5 Å². The number of pyridine rings is 1. The third kappa shape index (κ3) is 3.25. The highest BCUT2D eigenvalue weighted by Crippen LogP contribution is 2.33. The van der Waals surface area contributed by atoms with Gasteiger partial charge in [-0.05, 0) is 31.2 Å². The summed E-state index contributed by atoms with van der Waals surface area (Å²) in [7, 11) is 1.32. The summed E-state index contributed by atoms with van der Waals surface area (Å²) in [5.74, 6) is -1.39. The normalized spacial score (nSPS) is 14.3. The lowest BCUT2D eigenvalue weighted by Crippen LogP contribution is -2.36. The van der Waals surface area contributed by atoms with Gasteiger partial charge in [-0.2, -0.15) is 0 Å². The minimum absolute atomic E-state index is 0.0580. The van der Waals surface area contributed by atoms with Gasteiger partial charge in [0.05, 0.1) is 37.1 Å². The van der Waals surface area contributed by atoms with Crippen LogP contribution in [0.5, 0.6) is 0 Å². The molecule has 5 rings (SSSR count). The zero-order chi connectivity index (χ0) is 22.4. The smallest absolute Gasteiger partial charge is 0.340 e. The van der Waals surface area contributed by atoms with Crippen molar-refractivity contribution < 1.29 is 23.0 Å². The minimum Gasteiger partial charge on any atom is -0.465 e. The van der Waals surface area contributed by atoms with Crippen molar-refractivity contribution in [1.29, 1.82) is 0 Å². The molecule has 2 aromatic carbocycles. The fourth-order valence-corrected chi connectivity index (χ4v) is 4.21. The lowest BCUT2D eigenvalue weighted by atomic mass is 10.1. The number of esters is 1. The third-order valence-electron chi connectivity index (χ3n) is 5.68. The van der Waals surface area contributed by atoms with Gasteiger partial charge in [0.1, 0.15) is 22.7 Å². The van der Waals surface area contributed by atoms with Crippen LogP contribution >= 0.6 is 0 Å². The molecule has 0 aliphatic carbocycles. The number of hydrogen-bond donors (Lipinski definition) is 0. The second-order valence-electron chi connectivity index (χ2n) is 7.56. The van der Waals surface area contributed by atoms with Crippen LogP contribution in [0.1, 0.15) is 16.2 Å². The number of hydrogen-bond acceptors (Lipinski definition) is 6. The third-order valence-corrected chi connectivity index (χ3v) is 5.68. The maximum absolute atomic E-state index is 14.4. The molecule has 0 saturated carbocycles. The number of methoxy groups -OCH3 is 1. The zero-order valence-electron chi connectivity index (χ0n) is 17.6. The number of benzene rings is 2. The molecule has 32 heavy (non-hydrogen) atoms. The number of halogens is 2. The van der Waals surface area contributed by atoms with Crippen LogP contribution in [0.2, 0.25) is 0 Å². The summed E-state index contributed by atoms with van der Waals surface area (Å²) < 4.78 is 40.7. The Morgan fingerprint density at radius 2 is 1.91 bits per heavy atom. The largest absolute Gasteiger partial charge is 0.465 e. The molecule has 0 unspecified atom stereocenters. The summed E-state index contributed by atoms with van der Waals surface area (Å²) in [5, 5.41) is 0.309. The Kier molecular flexibility index (Phi) is 4.97. The number of carbonyl (C=O) groups excluding carboxylic acids is 1. The van der Waals surface area contributed by atoms with E-state index in [1.807, 2.05) is 6.07 Å². The van der Waals surface area contributed by atoms with Crippen molar-refractivity contribution in [1.82, 2.24) is 14.5 Å². The highest BCUT2D eigenvalue weighted by atomic mass is 19.1. The molecule has 164 valence electrons. The molecular weight excluding hydrogens is 418 g/mol. The lowest BCUT2D eigenvalue weighted by Gasteiger charge is -2.29. The van der Waals surface area contributed by atoms with E-state index < -0.39 is 17.6 Å². The van der Waals surface area contributed by atoms with Crippen molar-refractivity contribution >= 4 is 33.6 Å².